The maximum Gasteiger partial charge on any atom is 0.256 e. The van der Waals surface area contributed by atoms with Gasteiger partial charge in [0.05, 0.1) is 5.56 Å². The highest BCUT2D eigenvalue weighted by molar-refractivity contribution is 5.94. The Hall–Kier alpha value is -2.50. The normalized spacial score (nSPS) is 10.5. The maximum absolute atomic E-state index is 13.6. The van der Waals surface area contributed by atoms with Gasteiger partial charge < -0.3 is 10.0 Å². The first-order valence-electron chi connectivity index (χ1n) is 6.07. The molecule has 2 aromatic carbocycles. The topological polar surface area (TPSA) is 40.5 Å². The molecule has 0 heterocycles. The molecule has 0 radical (unpaired) electrons. The van der Waals surface area contributed by atoms with Crippen molar-refractivity contribution in [2.24, 2.45) is 0 Å². The van der Waals surface area contributed by atoms with Crippen molar-refractivity contribution in [1.82, 2.24) is 4.90 Å². The quantitative estimate of drug-likeness (QED) is 0.884. The number of aromatic hydroxyl groups is 1. The van der Waals surface area contributed by atoms with E-state index in [2.05, 4.69) is 0 Å². The molecule has 21 heavy (non-hydrogen) atoms. The van der Waals surface area contributed by atoms with Gasteiger partial charge >= 0.3 is 0 Å². The second-order valence-corrected chi connectivity index (χ2v) is 4.55. The van der Waals surface area contributed by atoms with E-state index in [4.69, 9.17) is 5.11 Å². The monoisotopic (exact) mass is 295 g/mol. The fourth-order valence-electron chi connectivity index (χ4n) is 1.84. The molecule has 0 aliphatic carbocycles. The Morgan fingerprint density at radius 2 is 1.67 bits per heavy atom. The minimum atomic E-state index is -1.67. The predicted molar refractivity (Wildman–Crippen MR) is 70.2 cm³/mol. The largest absolute Gasteiger partial charge is 0.508 e. The summed E-state index contributed by atoms with van der Waals surface area (Å²) >= 11 is 0. The summed E-state index contributed by atoms with van der Waals surface area (Å²) in [6.45, 7) is 0.136. The third-order valence-corrected chi connectivity index (χ3v) is 2.97. The van der Waals surface area contributed by atoms with Crippen LogP contribution in [-0.2, 0) is 6.54 Å². The molecule has 6 heteroatoms. The Balaban J connectivity index is 2.20. The Labute approximate surface area is 119 Å². The summed E-state index contributed by atoms with van der Waals surface area (Å²) in [6.07, 6.45) is 0. The number of carbonyl (C=O) groups is 1. The van der Waals surface area contributed by atoms with Crippen LogP contribution in [0.3, 0.4) is 0 Å². The number of halogens is 3. The highest BCUT2D eigenvalue weighted by atomic mass is 19.2. The van der Waals surface area contributed by atoms with Crippen LogP contribution in [0.5, 0.6) is 5.75 Å². The van der Waals surface area contributed by atoms with Crippen molar-refractivity contribution in [3.8, 4) is 5.75 Å². The molecule has 0 aliphatic rings. The zero-order chi connectivity index (χ0) is 15.6. The number of amides is 1. The molecule has 0 atom stereocenters. The van der Waals surface area contributed by atoms with E-state index in [1.807, 2.05) is 0 Å². The lowest BCUT2D eigenvalue weighted by Crippen LogP contribution is -2.27. The van der Waals surface area contributed by atoms with Crippen LogP contribution in [0.25, 0.3) is 0 Å². The summed E-state index contributed by atoms with van der Waals surface area (Å²) < 4.78 is 39.6. The summed E-state index contributed by atoms with van der Waals surface area (Å²) in [4.78, 5) is 13.2. The van der Waals surface area contributed by atoms with Gasteiger partial charge in [0.15, 0.2) is 17.5 Å². The Morgan fingerprint density at radius 1 is 1.05 bits per heavy atom. The van der Waals surface area contributed by atoms with Crippen LogP contribution < -0.4 is 0 Å². The van der Waals surface area contributed by atoms with Crippen molar-refractivity contribution < 1.29 is 23.1 Å². The van der Waals surface area contributed by atoms with E-state index in [-0.39, 0.29) is 12.3 Å². The van der Waals surface area contributed by atoms with Crippen LogP contribution in [0.15, 0.2) is 36.4 Å². The third-order valence-electron chi connectivity index (χ3n) is 2.97. The van der Waals surface area contributed by atoms with Crippen molar-refractivity contribution >= 4 is 5.91 Å². The molecule has 3 nitrogen and oxygen atoms in total. The van der Waals surface area contributed by atoms with Gasteiger partial charge in [0.25, 0.3) is 5.91 Å². The molecular formula is C15H12F3NO2. The molecule has 0 saturated carbocycles. The average molecular weight is 295 g/mol. The standard InChI is InChI=1S/C15H12F3NO2/c1-19(8-9-2-4-10(20)5-3-9)15(21)11-6-7-12(16)14(18)13(11)17/h2-7,20H,8H2,1H3. The van der Waals surface area contributed by atoms with E-state index in [1.165, 1.54) is 24.1 Å². The zero-order valence-corrected chi connectivity index (χ0v) is 11.1. The molecule has 0 unspecified atom stereocenters. The molecule has 0 aromatic heterocycles. The first-order valence-corrected chi connectivity index (χ1v) is 6.07. The number of phenolic OH excluding ortho intramolecular Hbond substituents is 1. The number of rotatable bonds is 3. The van der Waals surface area contributed by atoms with Gasteiger partial charge in [-0.25, -0.2) is 13.2 Å². The lowest BCUT2D eigenvalue weighted by molar-refractivity contribution is 0.0779. The van der Waals surface area contributed by atoms with E-state index < -0.39 is 28.9 Å². The summed E-state index contributed by atoms with van der Waals surface area (Å²) in [5.74, 6) is -5.19. The Morgan fingerprint density at radius 3 is 2.29 bits per heavy atom. The average Bonchev–Trinajstić information content (AvgIpc) is 2.46. The van der Waals surface area contributed by atoms with Gasteiger partial charge in [-0.3, -0.25) is 4.79 Å². The predicted octanol–water partition coefficient (Wildman–Crippen LogP) is 3.08. The minimum Gasteiger partial charge on any atom is -0.508 e. The molecule has 0 aliphatic heterocycles. The SMILES string of the molecule is CN(Cc1ccc(O)cc1)C(=O)c1ccc(F)c(F)c1F. The molecular weight excluding hydrogens is 283 g/mol. The highest BCUT2D eigenvalue weighted by Crippen LogP contribution is 2.18. The Bertz CT molecular complexity index is 671. The van der Waals surface area contributed by atoms with Gasteiger partial charge in [-0.1, -0.05) is 12.1 Å². The second kappa shape index (κ2) is 5.87. The van der Waals surface area contributed by atoms with Crippen LogP contribution in [0.1, 0.15) is 15.9 Å². The summed E-state index contributed by atoms with van der Waals surface area (Å²) in [5, 5.41) is 9.16. The lowest BCUT2D eigenvalue weighted by atomic mass is 10.1. The van der Waals surface area contributed by atoms with Gasteiger partial charge in [-0.05, 0) is 29.8 Å². The molecule has 1 N–H and O–H groups in total. The van der Waals surface area contributed by atoms with Gasteiger partial charge in [-0.15, -0.1) is 0 Å². The van der Waals surface area contributed by atoms with Gasteiger partial charge in [0.1, 0.15) is 5.75 Å². The van der Waals surface area contributed by atoms with Crippen LogP contribution in [0.2, 0.25) is 0 Å². The maximum atomic E-state index is 13.6. The van der Waals surface area contributed by atoms with E-state index in [1.54, 1.807) is 12.1 Å². The number of benzene rings is 2. The molecule has 0 fully saturated rings. The van der Waals surface area contributed by atoms with E-state index in [0.29, 0.717) is 11.6 Å². The molecule has 2 aromatic rings. The Kier molecular flexibility index (Phi) is 4.16. The number of carbonyl (C=O) groups excluding carboxylic acids is 1. The zero-order valence-electron chi connectivity index (χ0n) is 11.1. The van der Waals surface area contributed by atoms with E-state index in [9.17, 15) is 18.0 Å². The van der Waals surface area contributed by atoms with E-state index in [0.717, 1.165) is 6.07 Å². The highest BCUT2D eigenvalue weighted by Gasteiger charge is 2.21. The lowest BCUT2D eigenvalue weighted by Gasteiger charge is -2.18. The fraction of sp³-hybridized carbons (Fsp3) is 0.133. The van der Waals surface area contributed by atoms with Crippen molar-refractivity contribution in [3.05, 3.63) is 65.0 Å². The first kappa shape index (κ1) is 14.9. The fourth-order valence-corrected chi connectivity index (χ4v) is 1.84. The molecule has 0 saturated heterocycles. The third kappa shape index (κ3) is 3.16. The minimum absolute atomic E-state index is 0.0828. The summed E-state index contributed by atoms with van der Waals surface area (Å²) in [6, 6.07) is 7.71. The molecule has 1 amide bonds. The van der Waals surface area contributed by atoms with Crippen LogP contribution >= 0.6 is 0 Å². The summed E-state index contributed by atoms with van der Waals surface area (Å²) in [5.41, 5.74) is 0.168. The van der Waals surface area contributed by atoms with Crippen LogP contribution in [0.4, 0.5) is 13.2 Å². The number of nitrogens with zero attached hydrogens (tertiary/aromatic N) is 1. The van der Waals surface area contributed by atoms with E-state index >= 15 is 0 Å². The van der Waals surface area contributed by atoms with Crippen molar-refractivity contribution in [1.29, 1.82) is 0 Å². The van der Waals surface area contributed by atoms with Crippen LogP contribution in [0, 0.1) is 17.5 Å². The van der Waals surface area contributed by atoms with Gasteiger partial charge in [0.2, 0.25) is 0 Å². The number of hydrogen-bond donors (Lipinski definition) is 1. The molecule has 2 rings (SSSR count). The molecule has 0 bridgehead atoms. The van der Waals surface area contributed by atoms with Crippen molar-refractivity contribution in [2.75, 3.05) is 7.05 Å². The first-order chi connectivity index (χ1) is 9.90. The van der Waals surface area contributed by atoms with Crippen LogP contribution in [-0.4, -0.2) is 23.0 Å². The molecule has 0 spiro atoms. The smallest absolute Gasteiger partial charge is 0.256 e. The summed E-state index contributed by atoms with van der Waals surface area (Å²) in [7, 11) is 1.41. The molecule has 110 valence electrons. The van der Waals surface area contributed by atoms with Crippen molar-refractivity contribution in [3.63, 3.8) is 0 Å². The van der Waals surface area contributed by atoms with Gasteiger partial charge in [-0.2, -0.15) is 0 Å². The van der Waals surface area contributed by atoms with Crippen molar-refractivity contribution in [2.45, 2.75) is 6.54 Å². The van der Waals surface area contributed by atoms with Gasteiger partial charge in [0, 0.05) is 13.6 Å². The second-order valence-electron chi connectivity index (χ2n) is 4.55. The number of phenols is 1. The number of hydrogen-bond acceptors (Lipinski definition) is 2.